The minimum atomic E-state index is 0. The Morgan fingerprint density at radius 1 is 1.00 bits per heavy atom. The van der Waals surface area contributed by atoms with Crippen LogP contribution in [0.5, 0.6) is 0 Å². The van der Waals surface area contributed by atoms with E-state index in [0.717, 1.165) is 26.1 Å². The Labute approximate surface area is 164 Å². The molecule has 0 bridgehead atoms. The molecule has 26 heavy (non-hydrogen) atoms. The molecule has 3 rings (SSSR count). The van der Waals surface area contributed by atoms with Gasteiger partial charge in [-0.05, 0) is 47.1 Å². The highest BCUT2D eigenvalue weighted by molar-refractivity contribution is 5.86. The summed E-state index contributed by atoms with van der Waals surface area (Å²) in [6, 6.07) is 15.4. The lowest BCUT2D eigenvalue weighted by atomic mass is 9.83. The summed E-state index contributed by atoms with van der Waals surface area (Å²) in [5.41, 5.74) is 7.18. The number of aryl methyl sites for hydroxylation is 2. The van der Waals surface area contributed by atoms with Crippen molar-refractivity contribution in [1.82, 2.24) is 4.90 Å². The van der Waals surface area contributed by atoms with Gasteiger partial charge in [-0.15, -0.1) is 12.4 Å². The predicted octanol–water partition coefficient (Wildman–Crippen LogP) is 5.48. The van der Waals surface area contributed by atoms with Crippen LogP contribution >= 0.6 is 12.4 Å². The average Bonchev–Trinajstić information content (AvgIpc) is 2.97. The molecule has 1 aliphatic heterocycles. The van der Waals surface area contributed by atoms with Crippen LogP contribution in [0, 0.1) is 13.8 Å². The Hall–Kier alpha value is -1.80. The second-order valence-corrected chi connectivity index (χ2v) is 8.22. The van der Waals surface area contributed by atoms with Crippen molar-refractivity contribution in [3.8, 4) is 0 Å². The van der Waals surface area contributed by atoms with E-state index in [1.165, 1.54) is 33.7 Å². The molecule has 140 valence electrons. The average molecular weight is 371 g/mol. The molecule has 2 aromatic carbocycles. The van der Waals surface area contributed by atoms with E-state index in [-0.39, 0.29) is 17.8 Å². The third-order valence-electron chi connectivity index (χ3n) is 5.14. The molecule has 0 atom stereocenters. The molecule has 0 saturated heterocycles. The first-order chi connectivity index (χ1) is 11.8. The fourth-order valence-corrected chi connectivity index (χ4v) is 3.53. The van der Waals surface area contributed by atoms with Crippen LogP contribution in [0.4, 0.5) is 0 Å². The molecule has 0 N–H and O–H groups in total. The molecule has 0 aromatic heterocycles. The van der Waals surface area contributed by atoms with Gasteiger partial charge in [0, 0.05) is 19.5 Å². The van der Waals surface area contributed by atoms with Crippen LogP contribution in [-0.4, -0.2) is 23.8 Å². The van der Waals surface area contributed by atoms with Crippen molar-refractivity contribution >= 4 is 18.2 Å². The summed E-state index contributed by atoms with van der Waals surface area (Å²) in [4.78, 5) is 7.24. The van der Waals surface area contributed by atoms with E-state index in [1.807, 2.05) is 0 Å². The first-order valence-electron chi connectivity index (χ1n) is 9.27. The van der Waals surface area contributed by atoms with Crippen molar-refractivity contribution in [3.05, 3.63) is 70.3 Å². The summed E-state index contributed by atoms with van der Waals surface area (Å²) in [6.45, 7) is 14.2. The number of rotatable bonds is 4. The lowest BCUT2D eigenvalue weighted by Gasteiger charge is -2.24. The lowest BCUT2D eigenvalue weighted by Crippen LogP contribution is -2.29. The Kier molecular flexibility index (Phi) is 6.52. The zero-order valence-corrected chi connectivity index (χ0v) is 17.5. The second-order valence-electron chi connectivity index (χ2n) is 8.22. The van der Waals surface area contributed by atoms with Gasteiger partial charge in [-0.1, -0.05) is 63.2 Å². The lowest BCUT2D eigenvalue weighted by molar-refractivity contribution is 0.446. The number of halogens is 1. The molecule has 0 fully saturated rings. The maximum absolute atomic E-state index is 4.80. The van der Waals surface area contributed by atoms with Gasteiger partial charge in [0.15, 0.2) is 0 Å². The molecule has 0 spiro atoms. The number of hydrogen-bond donors (Lipinski definition) is 0. The molecule has 0 unspecified atom stereocenters. The maximum atomic E-state index is 4.80. The van der Waals surface area contributed by atoms with Crippen LogP contribution in [0.3, 0.4) is 0 Å². The zero-order valence-electron chi connectivity index (χ0n) is 16.7. The van der Waals surface area contributed by atoms with Gasteiger partial charge < -0.3 is 4.90 Å². The Morgan fingerprint density at radius 2 is 1.62 bits per heavy atom. The zero-order chi connectivity index (χ0) is 18.0. The number of nitrogens with zero attached hydrogens (tertiary/aromatic N) is 2. The largest absolute Gasteiger partial charge is 0.354 e. The first kappa shape index (κ1) is 20.5. The van der Waals surface area contributed by atoms with Crippen molar-refractivity contribution in [2.24, 2.45) is 4.99 Å². The molecule has 2 nitrogen and oxygen atoms in total. The van der Waals surface area contributed by atoms with Gasteiger partial charge in [0.05, 0.1) is 6.54 Å². The van der Waals surface area contributed by atoms with Gasteiger partial charge >= 0.3 is 0 Å². The summed E-state index contributed by atoms with van der Waals surface area (Å²) in [6.07, 6.45) is 0.939. The van der Waals surface area contributed by atoms with Gasteiger partial charge in [-0.2, -0.15) is 0 Å². The highest BCUT2D eigenvalue weighted by atomic mass is 35.5. The van der Waals surface area contributed by atoms with E-state index < -0.39 is 0 Å². The number of aliphatic imine (C=N–C) groups is 1. The van der Waals surface area contributed by atoms with E-state index in [4.69, 9.17) is 4.99 Å². The molecule has 1 heterocycles. The van der Waals surface area contributed by atoms with Crippen LogP contribution in [0.25, 0.3) is 0 Å². The second kappa shape index (κ2) is 8.26. The highest BCUT2D eigenvalue weighted by Gasteiger charge is 2.21. The molecular formula is C23H31ClN2. The standard InChI is InChI=1S/C23H30N2.ClH/c1-17-13-20(23(3,4)5)14-18(2)21(17)15-22-24-11-12-25(22)16-19-9-7-6-8-10-19;/h6-10,13-14H,11-12,15-16H2,1-5H3;1H. The smallest absolute Gasteiger partial charge is 0.104 e. The normalized spacial score (nSPS) is 14.2. The minimum absolute atomic E-state index is 0. The number of benzene rings is 2. The third kappa shape index (κ3) is 4.67. The van der Waals surface area contributed by atoms with E-state index in [0.29, 0.717) is 0 Å². The molecular weight excluding hydrogens is 340 g/mol. The van der Waals surface area contributed by atoms with Gasteiger partial charge in [-0.3, -0.25) is 4.99 Å². The van der Waals surface area contributed by atoms with Crippen LogP contribution < -0.4 is 0 Å². The predicted molar refractivity (Wildman–Crippen MR) is 115 cm³/mol. The van der Waals surface area contributed by atoms with Gasteiger partial charge in [0.2, 0.25) is 0 Å². The third-order valence-corrected chi connectivity index (χ3v) is 5.14. The van der Waals surface area contributed by atoms with Gasteiger partial charge in [0.1, 0.15) is 5.84 Å². The molecule has 2 aromatic rings. The molecule has 0 radical (unpaired) electrons. The minimum Gasteiger partial charge on any atom is -0.354 e. The van der Waals surface area contributed by atoms with Gasteiger partial charge in [0.25, 0.3) is 0 Å². The molecule has 0 aliphatic carbocycles. The quantitative estimate of drug-likeness (QED) is 0.695. The Morgan fingerprint density at radius 3 is 2.19 bits per heavy atom. The number of amidine groups is 1. The van der Waals surface area contributed by atoms with Crippen LogP contribution in [-0.2, 0) is 18.4 Å². The van der Waals surface area contributed by atoms with Crippen molar-refractivity contribution < 1.29 is 0 Å². The van der Waals surface area contributed by atoms with E-state index in [1.54, 1.807) is 0 Å². The topological polar surface area (TPSA) is 15.6 Å². The SMILES string of the molecule is Cc1cc(C(C)(C)C)cc(C)c1CC1=NCCN1Cc1ccccc1.Cl. The van der Waals surface area contributed by atoms with Crippen LogP contribution in [0.15, 0.2) is 47.5 Å². The highest BCUT2D eigenvalue weighted by Crippen LogP contribution is 2.28. The monoisotopic (exact) mass is 370 g/mol. The summed E-state index contributed by atoms with van der Waals surface area (Å²) in [5, 5.41) is 0. The summed E-state index contributed by atoms with van der Waals surface area (Å²) in [7, 11) is 0. The fourth-order valence-electron chi connectivity index (χ4n) is 3.53. The maximum Gasteiger partial charge on any atom is 0.104 e. The van der Waals surface area contributed by atoms with Gasteiger partial charge in [-0.25, -0.2) is 0 Å². The summed E-state index contributed by atoms with van der Waals surface area (Å²) < 4.78 is 0. The molecule has 0 amide bonds. The summed E-state index contributed by atoms with van der Waals surface area (Å²) in [5.74, 6) is 1.23. The van der Waals surface area contributed by atoms with Crippen molar-refractivity contribution in [1.29, 1.82) is 0 Å². The van der Waals surface area contributed by atoms with Crippen LogP contribution in [0.1, 0.15) is 48.6 Å². The van der Waals surface area contributed by atoms with E-state index in [2.05, 4.69) is 82.0 Å². The van der Waals surface area contributed by atoms with Crippen molar-refractivity contribution in [2.45, 2.75) is 53.0 Å². The van der Waals surface area contributed by atoms with Crippen molar-refractivity contribution in [3.63, 3.8) is 0 Å². The summed E-state index contributed by atoms with van der Waals surface area (Å²) >= 11 is 0. The molecule has 3 heteroatoms. The molecule has 0 saturated carbocycles. The Balaban J connectivity index is 0.00000243. The first-order valence-corrected chi connectivity index (χ1v) is 9.27. The van der Waals surface area contributed by atoms with E-state index >= 15 is 0 Å². The fraction of sp³-hybridized carbons (Fsp3) is 0.435. The molecule has 1 aliphatic rings. The Bertz CT molecular complexity index is 750. The van der Waals surface area contributed by atoms with Crippen molar-refractivity contribution in [2.75, 3.05) is 13.1 Å². The van der Waals surface area contributed by atoms with Crippen LogP contribution in [0.2, 0.25) is 0 Å². The number of hydrogen-bond acceptors (Lipinski definition) is 2. The van der Waals surface area contributed by atoms with E-state index in [9.17, 15) is 0 Å².